The molecule has 0 aliphatic heterocycles. The number of nitrogens with zero attached hydrogens (tertiary/aromatic N) is 1. The van der Waals surface area contributed by atoms with Gasteiger partial charge in [-0.05, 0) is 18.2 Å². The van der Waals surface area contributed by atoms with Gasteiger partial charge in [0.15, 0.2) is 11.5 Å². The van der Waals surface area contributed by atoms with E-state index in [0.717, 1.165) is 0 Å². The Morgan fingerprint density at radius 1 is 0.923 bits per heavy atom. The van der Waals surface area contributed by atoms with E-state index < -0.39 is 10.8 Å². The van der Waals surface area contributed by atoms with Gasteiger partial charge >= 0.3 is 0 Å². The van der Waals surface area contributed by atoms with Gasteiger partial charge < -0.3 is 24.3 Å². The third-order valence-corrected chi connectivity index (χ3v) is 3.57. The van der Waals surface area contributed by atoms with Crippen LogP contribution in [0.25, 0.3) is 0 Å². The summed E-state index contributed by atoms with van der Waals surface area (Å²) in [5.74, 6) is 0.727. The second-order valence-corrected chi connectivity index (χ2v) is 5.01. The van der Waals surface area contributed by atoms with Crippen molar-refractivity contribution in [2.24, 2.45) is 0 Å². The normalized spacial score (nSPS) is 10.0. The Morgan fingerprint density at radius 3 is 1.96 bits per heavy atom. The highest BCUT2D eigenvalue weighted by molar-refractivity contribution is 6.06. The molecule has 9 heteroatoms. The average molecular weight is 362 g/mol. The summed E-state index contributed by atoms with van der Waals surface area (Å²) in [7, 11) is 5.72. The molecule has 0 fully saturated rings. The summed E-state index contributed by atoms with van der Waals surface area (Å²) in [5, 5.41) is 13.5. The van der Waals surface area contributed by atoms with Crippen molar-refractivity contribution in [2.75, 3.05) is 33.8 Å². The van der Waals surface area contributed by atoms with Gasteiger partial charge in [0.2, 0.25) is 5.75 Å². The molecule has 26 heavy (non-hydrogen) atoms. The zero-order chi connectivity index (χ0) is 19.3. The summed E-state index contributed by atoms with van der Waals surface area (Å²) in [6.07, 6.45) is 0. The first kappa shape index (κ1) is 18.8. The Labute approximate surface area is 149 Å². The van der Waals surface area contributed by atoms with Crippen LogP contribution in [-0.4, -0.2) is 39.3 Å². The first-order valence-corrected chi connectivity index (χ1v) is 7.39. The molecule has 1 N–H and O–H groups in total. The molecule has 138 valence electrons. The van der Waals surface area contributed by atoms with Crippen LogP contribution in [0.5, 0.6) is 23.0 Å². The molecule has 2 aromatic carbocycles. The standard InChI is InChI=1S/C17H18N2O7/c1-23-13-6-5-11(19(21)22)9-12(13)18-17(20)10-7-14(24-2)16(26-4)15(8-10)25-3/h5-9H,1-4H3,(H,18,20). The van der Waals surface area contributed by atoms with Gasteiger partial charge in [0.25, 0.3) is 11.6 Å². The molecular weight excluding hydrogens is 344 g/mol. The number of hydrogen-bond donors (Lipinski definition) is 1. The van der Waals surface area contributed by atoms with Crippen LogP contribution in [0.2, 0.25) is 0 Å². The number of nitro benzene ring substituents is 1. The smallest absolute Gasteiger partial charge is 0.271 e. The maximum absolute atomic E-state index is 12.6. The van der Waals surface area contributed by atoms with Crippen molar-refractivity contribution in [3.05, 3.63) is 46.0 Å². The number of nitrogens with one attached hydrogen (secondary N) is 1. The molecule has 0 radical (unpaired) electrons. The number of methoxy groups -OCH3 is 4. The van der Waals surface area contributed by atoms with E-state index in [2.05, 4.69) is 5.32 Å². The zero-order valence-electron chi connectivity index (χ0n) is 14.7. The van der Waals surface area contributed by atoms with Crippen LogP contribution in [0.4, 0.5) is 11.4 Å². The Balaban J connectivity index is 2.41. The van der Waals surface area contributed by atoms with Crippen molar-refractivity contribution in [3.8, 4) is 23.0 Å². The van der Waals surface area contributed by atoms with E-state index in [1.165, 1.54) is 58.8 Å². The van der Waals surface area contributed by atoms with E-state index in [9.17, 15) is 14.9 Å². The molecule has 0 unspecified atom stereocenters. The molecule has 2 rings (SSSR count). The van der Waals surface area contributed by atoms with Crippen molar-refractivity contribution in [2.45, 2.75) is 0 Å². The lowest BCUT2D eigenvalue weighted by molar-refractivity contribution is -0.384. The van der Waals surface area contributed by atoms with Gasteiger partial charge in [-0.1, -0.05) is 0 Å². The highest BCUT2D eigenvalue weighted by Crippen LogP contribution is 2.38. The van der Waals surface area contributed by atoms with Crippen LogP contribution >= 0.6 is 0 Å². The van der Waals surface area contributed by atoms with E-state index in [-0.39, 0.29) is 22.7 Å². The van der Waals surface area contributed by atoms with Crippen LogP contribution < -0.4 is 24.3 Å². The summed E-state index contributed by atoms with van der Waals surface area (Å²) in [6.45, 7) is 0. The number of nitro groups is 1. The molecular formula is C17H18N2O7. The van der Waals surface area contributed by atoms with Crippen molar-refractivity contribution in [1.29, 1.82) is 0 Å². The Morgan fingerprint density at radius 2 is 1.50 bits per heavy atom. The molecule has 1 amide bonds. The largest absolute Gasteiger partial charge is 0.495 e. The lowest BCUT2D eigenvalue weighted by Gasteiger charge is -2.14. The second-order valence-electron chi connectivity index (χ2n) is 5.01. The van der Waals surface area contributed by atoms with Crippen LogP contribution in [0.15, 0.2) is 30.3 Å². The van der Waals surface area contributed by atoms with E-state index in [1.54, 1.807) is 0 Å². The molecule has 0 aliphatic rings. The summed E-state index contributed by atoms with van der Waals surface area (Å²) >= 11 is 0. The Kier molecular flexibility index (Phi) is 5.84. The summed E-state index contributed by atoms with van der Waals surface area (Å²) in [5.41, 5.74) is 0.208. The predicted octanol–water partition coefficient (Wildman–Crippen LogP) is 2.88. The second kappa shape index (κ2) is 8.06. The minimum atomic E-state index is -0.561. The van der Waals surface area contributed by atoms with Crippen molar-refractivity contribution in [1.82, 2.24) is 0 Å². The fourth-order valence-corrected chi connectivity index (χ4v) is 2.31. The molecule has 0 spiro atoms. The summed E-state index contributed by atoms with van der Waals surface area (Å²) in [6, 6.07) is 6.85. The monoisotopic (exact) mass is 362 g/mol. The Bertz CT molecular complexity index is 811. The van der Waals surface area contributed by atoms with Gasteiger partial charge in [0.1, 0.15) is 5.75 Å². The van der Waals surface area contributed by atoms with E-state index in [4.69, 9.17) is 18.9 Å². The Hall–Kier alpha value is -3.49. The van der Waals surface area contributed by atoms with Crippen molar-refractivity contribution in [3.63, 3.8) is 0 Å². The summed E-state index contributed by atoms with van der Waals surface area (Å²) < 4.78 is 20.8. The molecule has 9 nitrogen and oxygen atoms in total. The van der Waals surface area contributed by atoms with Crippen LogP contribution in [0, 0.1) is 10.1 Å². The third-order valence-electron chi connectivity index (χ3n) is 3.57. The third kappa shape index (κ3) is 3.77. The fourth-order valence-electron chi connectivity index (χ4n) is 2.31. The molecule has 0 saturated carbocycles. The molecule has 0 atom stereocenters. The zero-order valence-corrected chi connectivity index (χ0v) is 14.7. The first-order chi connectivity index (χ1) is 12.4. The predicted molar refractivity (Wildman–Crippen MR) is 93.7 cm³/mol. The van der Waals surface area contributed by atoms with Crippen LogP contribution in [0.1, 0.15) is 10.4 Å². The topological polar surface area (TPSA) is 109 Å². The fraction of sp³-hybridized carbons (Fsp3) is 0.235. The highest BCUT2D eigenvalue weighted by Gasteiger charge is 2.19. The summed E-state index contributed by atoms with van der Waals surface area (Å²) in [4.78, 5) is 23.0. The first-order valence-electron chi connectivity index (χ1n) is 7.39. The van der Waals surface area contributed by atoms with Crippen LogP contribution in [-0.2, 0) is 0 Å². The maximum Gasteiger partial charge on any atom is 0.271 e. The van der Waals surface area contributed by atoms with Gasteiger partial charge in [-0.2, -0.15) is 0 Å². The minimum absolute atomic E-state index is 0.167. The number of anilines is 1. The maximum atomic E-state index is 12.6. The van der Waals surface area contributed by atoms with E-state index in [1.807, 2.05) is 0 Å². The molecule has 0 saturated heterocycles. The average Bonchev–Trinajstić information content (AvgIpc) is 2.66. The minimum Gasteiger partial charge on any atom is -0.495 e. The van der Waals surface area contributed by atoms with Gasteiger partial charge in [0, 0.05) is 17.7 Å². The molecule has 0 aromatic heterocycles. The quantitative estimate of drug-likeness (QED) is 0.596. The lowest BCUT2D eigenvalue weighted by Crippen LogP contribution is -2.13. The van der Waals surface area contributed by atoms with Gasteiger partial charge in [-0.15, -0.1) is 0 Å². The van der Waals surface area contributed by atoms with Gasteiger partial charge in [-0.3, -0.25) is 14.9 Å². The number of rotatable bonds is 7. The number of benzene rings is 2. The number of carbonyl (C=O) groups is 1. The number of hydrogen-bond acceptors (Lipinski definition) is 7. The van der Waals surface area contributed by atoms with Gasteiger partial charge in [0.05, 0.1) is 39.0 Å². The molecule has 0 aliphatic carbocycles. The van der Waals surface area contributed by atoms with Gasteiger partial charge in [-0.25, -0.2) is 0 Å². The van der Waals surface area contributed by atoms with Crippen LogP contribution in [0.3, 0.4) is 0 Å². The molecule has 0 heterocycles. The number of carbonyl (C=O) groups excluding carboxylic acids is 1. The molecule has 2 aromatic rings. The number of non-ortho nitro benzene ring substituents is 1. The van der Waals surface area contributed by atoms with E-state index >= 15 is 0 Å². The highest BCUT2D eigenvalue weighted by atomic mass is 16.6. The number of amides is 1. The van der Waals surface area contributed by atoms with Crippen molar-refractivity contribution >= 4 is 17.3 Å². The van der Waals surface area contributed by atoms with Crippen molar-refractivity contribution < 1.29 is 28.7 Å². The molecule has 0 bridgehead atoms. The van der Waals surface area contributed by atoms with E-state index in [0.29, 0.717) is 17.2 Å². The number of ether oxygens (including phenoxy) is 4. The lowest BCUT2D eigenvalue weighted by atomic mass is 10.1. The SMILES string of the molecule is COc1ccc([N+](=O)[O-])cc1NC(=O)c1cc(OC)c(OC)c(OC)c1.